The molecule has 0 aliphatic carbocycles. The Morgan fingerprint density at radius 3 is 3.00 bits per heavy atom. The van der Waals surface area contributed by atoms with Gasteiger partial charge < -0.3 is 15.4 Å². The molecule has 16 heavy (non-hydrogen) atoms. The van der Waals surface area contributed by atoms with Crippen LogP contribution in [0, 0.1) is 0 Å². The summed E-state index contributed by atoms with van der Waals surface area (Å²) < 4.78 is 5.31. The van der Waals surface area contributed by atoms with Gasteiger partial charge in [-0.15, -0.1) is 0 Å². The van der Waals surface area contributed by atoms with E-state index in [2.05, 4.69) is 20.6 Å². The molecule has 0 atom stereocenters. The summed E-state index contributed by atoms with van der Waals surface area (Å²) >= 11 is 0. The molecular weight excluding hydrogens is 204 g/mol. The molecule has 0 spiro atoms. The van der Waals surface area contributed by atoms with Crippen LogP contribution in [0.5, 0.6) is 5.88 Å². The normalized spacial score (nSPS) is 17.1. The van der Waals surface area contributed by atoms with Crippen molar-refractivity contribution in [2.45, 2.75) is 25.8 Å². The minimum atomic E-state index is 0.493. The van der Waals surface area contributed by atoms with E-state index in [-0.39, 0.29) is 0 Å². The minimum Gasteiger partial charge on any atom is -0.477 e. The van der Waals surface area contributed by atoms with Crippen LogP contribution in [0.4, 0.5) is 5.82 Å². The molecule has 5 heteroatoms. The maximum Gasteiger partial charge on any atom is 0.234 e. The van der Waals surface area contributed by atoms with Crippen molar-refractivity contribution in [3.8, 4) is 5.88 Å². The maximum atomic E-state index is 5.31. The Balaban J connectivity index is 1.94. The zero-order chi connectivity index (χ0) is 11.2. The number of rotatable bonds is 4. The Morgan fingerprint density at radius 1 is 1.44 bits per heavy atom. The van der Waals surface area contributed by atoms with Crippen molar-refractivity contribution in [2.75, 3.05) is 25.0 Å². The summed E-state index contributed by atoms with van der Waals surface area (Å²) in [6.45, 7) is 4.69. The van der Waals surface area contributed by atoms with Gasteiger partial charge in [0.2, 0.25) is 5.88 Å². The van der Waals surface area contributed by atoms with Gasteiger partial charge in [-0.05, 0) is 32.9 Å². The minimum absolute atomic E-state index is 0.493. The second-order valence-corrected chi connectivity index (χ2v) is 3.84. The molecule has 0 aromatic carbocycles. The second kappa shape index (κ2) is 5.65. The Bertz CT molecular complexity index is 326. The van der Waals surface area contributed by atoms with Crippen LogP contribution in [-0.4, -0.2) is 35.7 Å². The van der Waals surface area contributed by atoms with Crippen LogP contribution in [0.2, 0.25) is 0 Å². The highest BCUT2D eigenvalue weighted by atomic mass is 16.5. The molecule has 1 fully saturated rings. The van der Waals surface area contributed by atoms with Crippen LogP contribution in [0.1, 0.15) is 19.8 Å². The first kappa shape index (κ1) is 11.1. The van der Waals surface area contributed by atoms with Gasteiger partial charge in [-0.1, -0.05) is 0 Å². The number of nitrogens with one attached hydrogen (secondary N) is 2. The van der Waals surface area contributed by atoms with Crippen LogP contribution < -0.4 is 15.4 Å². The van der Waals surface area contributed by atoms with Gasteiger partial charge in [-0.3, -0.25) is 4.98 Å². The molecule has 1 aliphatic rings. The fourth-order valence-corrected chi connectivity index (χ4v) is 1.81. The summed E-state index contributed by atoms with van der Waals surface area (Å²) in [6, 6.07) is 0.493. The lowest BCUT2D eigenvalue weighted by atomic mass is 10.1. The molecule has 1 aromatic rings. The summed E-state index contributed by atoms with van der Waals surface area (Å²) in [6.07, 6.45) is 5.63. The van der Waals surface area contributed by atoms with Crippen LogP contribution in [0.15, 0.2) is 12.4 Å². The van der Waals surface area contributed by atoms with E-state index in [0.29, 0.717) is 18.5 Å². The lowest BCUT2D eigenvalue weighted by Crippen LogP contribution is -2.35. The molecule has 2 heterocycles. The molecule has 0 saturated carbocycles. The third-order valence-electron chi connectivity index (χ3n) is 2.60. The Morgan fingerprint density at radius 2 is 2.25 bits per heavy atom. The highest BCUT2D eigenvalue weighted by molar-refractivity contribution is 5.34. The molecule has 5 nitrogen and oxygen atoms in total. The molecular formula is C11H18N4O. The van der Waals surface area contributed by atoms with Gasteiger partial charge in [0.15, 0.2) is 0 Å². The van der Waals surface area contributed by atoms with Gasteiger partial charge in [0.1, 0.15) is 5.82 Å². The summed E-state index contributed by atoms with van der Waals surface area (Å²) in [5.74, 6) is 1.39. The van der Waals surface area contributed by atoms with Crippen molar-refractivity contribution < 1.29 is 4.74 Å². The van der Waals surface area contributed by atoms with Gasteiger partial charge in [-0.25, -0.2) is 0 Å². The number of piperidine rings is 1. The van der Waals surface area contributed by atoms with Crippen LogP contribution in [0.25, 0.3) is 0 Å². The van der Waals surface area contributed by atoms with E-state index in [4.69, 9.17) is 4.74 Å². The molecule has 1 aromatic heterocycles. The third-order valence-corrected chi connectivity index (χ3v) is 2.60. The molecule has 1 aliphatic heterocycles. The Labute approximate surface area is 95.6 Å². The third kappa shape index (κ3) is 3.06. The molecule has 1 saturated heterocycles. The first-order valence-electron chi connectivity index (χ1n) is 5.80. The van der Waals surface area contributed by atoms with Gasteiger partial charge in [-0.2, -0.15) is 4.98 Å². The van der Waals surface area contributed by atoms with Gasteiger partial charge in [0.05, 0.1) is 19.0 Å². The number of hydrogen-bond donors (Lipinski definition) is 2. The second-order valence-electron chi connectivity index (χ2n) is 3.84. The quantitative estimate of drug-likeness (QED) is 0.797. The molecule has 0 amide bonds. The van der Waals surface area contributed by atoms with Crippen LogP contribution >= 0.6 is 0 Å². The van der Waals surface area contributed by atoms with Crippen molar-refractivity contribution >= 4 is 5.82 Å². The van der Waals surface area contributed by atoms with E-state index in [1.807, 2.05) is 6.92 Å². The van der Waals surface area contributed by atoms with Crippen molar-refractivity contribution in [3.05, 3.63) is 12.4 Å². The monoisotopic (exact) mass is 222 g/mol. The van der Waals surface area contributed by atoms with E-state index in [9.17, 15) is 0 Å². The average molecular weight is 222 g/mol. The van der Waals surface area contributed by atoms with Gasteiger partial charge in [0.25, 0.3) is 0 Å². The lowest BCUT2D eigenvalue weighted by molar-refractivity contribution is 0.325. The largest absolute Gasteiger partial charge is 0.477 e. The smallest absolute Gasteiger partial charge is 0.234 e. The number of nitrogens with zero attached hydrogens (tertiary/aromatic N) is 2. The average Bonchev–Trinajstić information content (AvgIpc) is 2.31. The van der Waals surface area contributed by atoms with Crippen molar-refractivity contribution in [1.29, 1.82) is 0 Å². The van der Waals surface area contributed by atoms with Crippen LogP contribution in [-0.2, 0) is 0 Å². The molecule has 2 N–H and O–H groups in total. The fourth-order valence-electron chi connectivity index (χ4n) is 1.81. The first-order valence-corrected chi connectivity index (χ1v) is 5.80. The number of anilines is 1. The summed E-state index contributed by atoms with van der Waals surface area (Å²) in [4.78, 5) is 8.44. The van der Waals surface area contributed by atoms with E-state index < -0.39 is 0 Å². The number of hydrogen-bond acceptors (Lipinski definition) is 5. The molecule has 88 valence electrons. The van der Waals surface area contributed by atoms with E-state index in [0.717, 1.165) is 31.7 Å². The van der Waals surface area contributed by atoms with E-state index >= 15 is 0 Å². The topological polar surface area (TPSA) is 59.1 Å². The molecule has 0 bridgehead atoms. The highest BCUT2D eigenvalue weighted by Crippen LogP contribution is 2.13. The highest BCUT2D eigenvalue weighted by Gasteiger charge is 2.13. The van der Waals surface area contributed by atoms with Crippen molar-refractivity contribution in [3.63, 3.8) is 0 Å². The first-order chi connectivity index (χ1) is 7.88. The molecule has 0 radical (unpaired) electrons. The summed E-state index contributed by atoms with van der Waals surface area (Å²) in [5, 5.41) is 6.72. The van der Waals surface area contributed by atoms with Crippen molar-refractivity contribution in [1.82, 2.24) is 15.3 Å². The Hall–Kier alpha value is -1.36. The predicted octanol–water partition coefficient (Wildman–Crippen LogP) is 1.04. The Kier molecular flexibility index (Phi) is 3.93. The lowest BCUT2D eigenvalue weighted by Gasteiger charge is -2.24. The molecule has 0 unspecified atom stereocenters. The van der Waals surface area contributed by atoms with E-state index in [1.54, 1.807) is 12.4 Å². The predicted molar refractivity (Wildman–Crippen MR) is 62.7 cm³/mol. The number of ether oxygens (including phenoxy) is 1. The van der Waals surface area contributed by atoms with Crippen molar-refractivity contribution in [2.24, 2.45) is 0 Å². The standard InChI is InChI=1S/C11H18N4O/c1-2-16-11-8-13-7-10(15-11)14-9-3-5-12-6-4-9/h7-9,12H,2-6H2,1H3,(H,14,15). The van der Waals surface area contributed by atoms with Gasteiger partial charge >= 0.3 is 0 Å². The SMILES string of the molecule is CCOc1cncc(NC2CCNCC2)n1. The zero-order valence-corrected chi connectivity index (χ0v) is 9.57. The molecule has 2 rings (SSSR count). The summed E-state index contributed by atoms with van der Waals surface area (Å²) in [5.41, 5.74) is 0. The van der Waals surface area contributed by atoms with E-state index in [1.165, 1.54) is 0 Å². The van der Waals surface area contributed by atoms with Crippen LogP contribution in [0.3, 0.4) is 0 Å². The van der Waals surface area contributed by atoms with Gasteiger partial charge in [0, 0.05) is 6.04 Å². The number of aromatic nitrogens is 2. The maximum absolute atomic E-state index is 5.31. The fraction of sp³-hybridized carbons (Fsp3) is 0.636. The zero-order valence-electron chi connectivity index (χ0n) is 9.57. The summed E-state index contributed by atoms with van der Waals surface area (Å²) in [7, 11) is 0.